The molecule has 2 unspecified atom stereocenters. The molecule has 0 amide bonds. The molecule has 0 saturated heterocycles. The Kier molecular flexibility index (Phi) is 3.12. The Morgan fingerprint density at radius 2 is 1.93 bits per heavy atom. The number of hydrogen-bond acceptors (Lipinski definition) is 0. The highest BCUT2D eigenvalue weighted by molar-refractivity contribution is 6.30. The third-order valence-electron chi connectivity index (χ3n) is 3.48. The molecule has 2 atom stereocenters. The van der Waals surface area contributed by atoms with Gasteiger partial charge in [-0.2, -0.15) is 0 Å². The smallest absolute Gasteiger partial charge is 0.0406 e. The monoisotopic (exact) mass is 208 g/mol. The van der Waals surface area contributed by atoms with Gasteiger partial charge < -0.3 is 0 Å². The molecule has 1 saturated carbocycles. The lowest BCUT2D eigenvalue weighted by atomic mass is 9.87. The van der Waals surface area contributed by atoms with E-state index in [2.05, 4.69) is 19.1 Å². The quantitative estimate of drug-likeness (QED) is 0.665. The molecule has 0 bridgehead atoms. The Morgan fingerprint density at radius 3 is 2.57 bits per heavy atom. The minimum atomic E-state index is 0.789. The summed E-state index contributed by atoms with van der Waals surface area (Å²) in [6, 6.07) is 8.42. The molecule has 76 valence electrons. The van der Waals surface area contributed by atoms with Crippen LogP contribution in [0.15, 0.2) is 24.3 Å². The van der Waals surface area contributed by atoms with E-state index < -0.39 is 0 Å². The Balaban J connectivity index is 2.17. The maximum Gasteiger partial charge on any atom is 0.0406 e. The molecule has 0 nitrogen and oxygen atoms in total. The van der Waals surface area contributed by atoms with Crippen molar-refractivity contribution in [2.75, 3.05) is 0 Å². The van der Waals surface area contributed by atoms with Crippen molar-refractivity contribution < 1.29 is 0 Å². The van der Waals surface area contributed by atoms with E-state index in [1.54, 1.807) is 0 Å². The molecule has 0 heterocycles. The molecule has 1 fully saturated rings. The first-order chi connectivity index (χ1) is 6.81. The van der Waals surface area contributed by atoms with Gasteiger partial charge in [0.25, 0.3) is 0 Å². The fourth-order valence-electron chi connectivity index (χ4n) is 2.67. The first-order valence-corrected chi connectivity index (χ1v) is 5.94. The standard InChI is InChI=1S/C13H17Cl/c1-2-10-4-3-5-13(10)11-6-8-12(14)9-7-11/h6-10,13H,2-5H2,1H3. The Bertz CT molecular complexity index is 289. The minimum absolute atomic E-state index is 0.789. The maximum absolute atomic E-state index is 5.89. The van der Waals surface area contributed by atoms with Crippen LogP contribution in [0.25, 0.3) is 0 Å². The Morgan fingerprint density at radius 1 is 1.21 bits per heavy atom. The number of hydrogen-bond donors (Lipinski definition) is 0. The normalized spacial score (nSPS) is 26.7. The van der Waals surface area contributed by atoms with E-state index in [0.29, 0.717) is 0 Å². The Labute approximate surface area is 91.3 Å². The summed E-state index contributed by atoms with van der Waals surface area (Å²) in [6.45, 7) is 2.30. The first-order valence-electron chi connectivity index (χ1n) is 5.56. The van der Waals surface area contributed by atoms with Gasteiger partial charge in [0.1, 0.15) is 0 Å². The largest absolute Gasteiger partial charge is 0.0843 e. The summed E-state index contributed by atoms with van der Waals surface area (Å²) in [7, 11) is 0. The fraction of sp³-hybridized carbons (Fsp3) is 0.538. The summed E-state index contributed by atoms with van der Waals surface area (Å²) in [5.41, 5.74) is 1.48. The molecule has 0 aliphatic heterocycles. The molecule has 2 rings (SSSR count). The summed E-state index contributed by atoms with van der Waals surface area (Å²) in [5, 5.41) is 0.847. The summed E-state index contributed by atoms with van der Waals surface area (Å²) in [6.07, 6.45) is 5.48. The van der Waals surface area contributed by atoms with Crippen LogP contribution in [0.5, 0.6) is 0 Å². The van der Waals surface area contributed by atoms with E-state index in [1.807, 2.05) is 12.1 Å². The van der Waals surface area contributed by atoms with Crippen molar-refractivity contribution in [2.45, 2.75) is 38.5 Å². The molecule has 1 aliphatic rings. The second kappa shape index (κ2) is 4.35. The van der Waals surface area contributed by atoms with Crippen LogP contribution in [0.1, 0.15) is 44.1 Å². The van der Waals surface area contributed by atoms with Gasteiger partial charge in [-0.05, 0) is 42.4 Å². The van der Waals surface area contributed by atoms with Crippen LogP contribution in [0.3, 0.4) is 0 Å². The molecule has 0 radical (unpaired) electrons. The first kappa shape index (κ1) is 10.0. The zero-order valence-electron chi connectivity index (χ0n) is 8.67. The van der Waals surface area contributed by atoms with Crippen molar-refractivity contribution in [1.82, 2.24) is 0 Å². The molecule has 1 aliphatic carbocycles. The van der Waals surface area contributed by atoms with Gasteiger partial charge in [0, 0.05) is 5.02 Å². The van der Waals surface area contributed by atoms with Crippen molar-refractivity contribution in [2.24, 2.45) is 5.92 Å². The maximum atomic E-state index is 5.89. The second-order valence-corrected chi connectivity index (χ2v) is 4.69. The van der Waals surface area contributed by atoms with Crippen LogP contribution in [-0.4, -0.2) is 0 Å². The van der Waals surface area contributed by atoms with Gasteiger partial charge in [-0.3, -0.25) is 0 Å². The molecule has 0 N–H and O–H groups in total. The average Bonchev–Trinajstić information content (AvgIpc) is 2.67. The predicted molar refractivity (Wildman–Crippen MR) is 61.8 cm³/mol. The lowest BCUT2D eigenvalue weighted by Gasteiger charge is -2.18. The third-order valence-corrected chi connectivity index (χ3v) is 3.73. The predicted octanol–water partition coefficient (Wildman–Crippen LogP) is 4.63. The lowest BCUT2D eigenvalue weighted by molar-refractivity contribution is 0.470. The zero-order valence-corrected chi connectivity index (χ0v) is 9.43. The van der Waals surface area contributed by atoms with Crippen molar-refractivity contribution in [3.63, 3.8) is 0 Å². The molecule has 0 aromatic heterocycles. The van der Waals surface area contributed by atoms with E-state index in [-0.39, 0.29) is 0 Å². The molecule has 0 spiro atoms. The fourth-order valence-corrected chi connectivity index (χ4v) is 2.80. The Hall–Kier alpha value is -0.490. The van der Waals surface area contributed by atoms with Crippen LogP contribution < -0.4 is 0 Å². The van der Waals surface area contributed by atoms with Gasteiger partial charge >= 0.3 is 0 Å². The van der Waals surface area contributed by atoms with Crippen LogP contribution in [0.2, 0.25) is 5.02 Å². The van der Waals surface area contributed by atoms with Crippen LogP contribution in [0, 0.1) is 5.92 Å². The minimum Gasteiger partial charge on any atom is -0.0843 e. The summed E-state index contributed by atoms with van der Waals surface area (Å²) >= 11 is 5.89. The molecule has 1 aromatic rings. The number of rotatable bonds is 2. The van der Waals surface area contributed by atoms with E-state index >= 15 is 0 Å². The molecule has 1 aromatic carbocycles. The van der Waals surface area contributed by atoms with Gasteiger partial charge in [-0.15, -0.1) is 0 Å². The summed E-state index contributed by atoms with van der Waals surface area (Å²) in [5.74, 6) is 1.69. The van der Waals surface area contributed by atoms with Gasteiger partial charge in [-0.1, -0.05) is 43.5 Å². The van der Waals surface area contributed by atoms with Gasteiger partial charge in [-0.25, -0.2) is 0 Å². The third kappa shape index (κ3) is 1.95. The van der Waals surface area contributed by atoms with Crippen molar-refractivity contribution in [3.05, 3.63) is 34.9 Å². The van der Waals surface area contributed by atoms with E-state index in [1.165, 1.54) is 31.2 Å². The van der Waals surface area contributed by atoms with E-state index in [9.17, 15) is 0 Å². The molecular formula is C13H17Cl. The SMILES string of the molecule is CCC1CCCC1c1ccc(Cl)cc1. The van der Waals surface area contributed by atoms with E-state index in [0.717, 1.165) is 16.9 Å². The summed E-state index contributed by atoms with van der Waals surface area (Å²) < 4.78 is 0. The van der Waals surface area contributed by atoms with Crippen LogP contribution in [0.4, 0.5) is 0 Å². The number of benzene rings is 1. The topological polar surface area (TPSA) is 0 Å². The van der Waals surface area contributed by atoms with Gasteiger partial charge in [0.2, 0.25) is 0 Å². The van der Waals surface area contributed by atoms with Crippen molar-refractivity contribution in [3.8, 4) is 0 Å². The molecule has 1 heteroatoms. The van der Waals surface area contributed by atoms with Gasteiger partial charge in [0.05, 0.1) is 0 Å². The molecule has 14 heavy (non-hydrogen) atoms. The summed E-state index contributed by atoms with van der Waals surface area (Å²) in [4.78, 5) is 0. The van der Waals surface area contributed by atoms with Crippen molar-refractivity contribution in [1.29, 1.82) is 0 Å². The zero-order chi connectivity index (χ0) is 9.97. The second-order valence-electron chi connectivity index (χ2n) is 4.26. The highest BCUT2D eigenvalue weighted by atomic mass is 35.5. The highest BCUT2D eigenvalue weighted by Crippen LogP contribution is 2.41. The molecular weight excluding hydrogens is 192 g/mol. The lowest BCUT2D eigenvalue weighted by Crippen LogP contribution is -2.04. The van der Waals surface area contributed by atoms with Crippen LogP contribution >= 0.6 is 11.6 Å². The van der Waals surface area contributed by atoms with E-state index in [4.69, 9.17) is 11.6 Å². The van der Waals surface area contributed by atoms with Gasteiger partial charge in [0.15, 0.2) is 0 Å². The highest BCUT2D eigenvalue weighted by Gasteiger charge is 2.26. The van der Waals surface area contributed by atoms with Crippen LogP contribution in [-0.2, 0) is 0 Å². The number of halogens is 1. The average molecular weight is 209 g/mol. The van der Waals surface area contributed by atoms with Crippen molar-refractivity contribution >= 4 is 11.6 Å².